The third-order valence-electron chi connectivity index (χ3n) is 4.53. The van der Waals surface area contributed by atoms with Crippen LogP contribution in [0.4, 0.5) is 0 Å². The molecule has 0 amide bonds. The van der Waals surface area contributed by atoms with Crippen LogP contribution in [0.1, 0.15) is 37.8 Å². The summed E-state index contributed by atoms with van der Waals surface area (Å²) in [5.41, 5.74) is 5.02. The van der Waals surface area contributed by atoms with Gasteiger partial charge in [0, 0.05) is 24.6 Å². The normalized spacial score (nSPS) is 16.1. The Morgan fingerprint density at radius 3 is 2.61 bits per heavy atom. The second kappa shape index (κ2) is 8.73. The van der Waals surface area contributed by atoms with Gasteiger partial charge in [-0.1, -0.05) is 68.8 Å². The molecule has 1 aliphatic heterocycles. The number of nitrogens with one attached hydrogen (secondary N) is 1. The number of aryl methyl sites for hydroxylation is 1. The van der Waals surface area contributed by atoms with Crippen molar-refractivity contribution in [1.29, 1.82) is 0 Å². The summed E-state index contributed by atoms with van der Waals surface area (Å²) in [7, 11) is 1.75. The summed E-state index contributed by atoms with van der Waals surface area (Å²) < 4.78 is 5.66. The largest absolute Gasteiger partial charge is 0.496 e. The molecule has 0 aliphatic carbocycles. The van der Waals surface area contributed by atoms with Crippen LogP contribution in [0, 0.1) is 5.92 Å². The molecule has 0 radical (unpaired) electrons. The molecular formula is C21H29NO. The van der Waals surface area contributed by atoms with Crippen molar-refractivity contribution >= 4 is 5.57 Å². The van der Waals surface area contributed by atoms with Gasteiger partial charge in [0.05, 0.1) is 7.11 Å². The van der Waals surface area contributed by atoms with Crippen LogP contribution in [0.2, 0.25) is 0 Å². The van der Waals surface area contributed by atoms with Crippen LogP contribution < -0.4 is 10.1 Å². The van der Waals surface area contributed by atoms with Gasteiger partial charge in [-0.25, -0.2) is 0 Å². The average Bonchev–Trinajstić information content (AvgIpc) is 2.53. The molecule has 124 valence electrons. The molecule has 0 aromatic heterocycles. The molecule has 2 heteroatoms. The maximum absolute atomic E-state index is 5.66. The van der Waals surface area contributed by atoms with Crippen molar-refractivity contribution in [2.75, 3.05) is 20.2 Å². The van der Waals surface area contributed by atoms with Crippen molar-refractivity contribution in [2.45, 2.75) is 33.1 Å². The Bertz CT molecular complexity index is 594. The Morgan fingerprint density at radius 1 is 1.30 bits per heavy atom. The number of ether oxygens (including phenoxy) is 1. The van der Waals surface area contributed by atoms with Gasteiger partial charge in [-0.3, -0.25) is 0 Å². The number of hydrogen-bond acceptors (Lipinski definition) is 2. The highest BCUT2D eigenvalue weighted by Crippen LogP contribution is 2.31. The van der Waals surface area contributed by atoms with E-state index in [9.17, 15) is 0 Å². The minimum absolute atomic E-state index is 0.695. The first kappa shape index (κ1) is 17.6. The van der Waals surface area contributed by atoms with E-state index in [4.69, 9.17) is 4.74 Å². The second-order valence-electron chi connectivity index (χ2n) is 6.02. The lowest BCUT2D eigenvalue weighted by Crippen LogP contribution is -2.42. The molecule has 1 aromatic carbocycles. The van der Waals surface area contributed by atoms with Gasteiger partial charge in [-0.05, 0) is 24.0 Å². The maximum atomic E-state index is 5.66. The van der Waals surface area contributed by atoms with E-state index in [0.717, 1.165) is 36.4 Å². The highest BCUT2D eigenvalue weighted by Gasteiger charge is 2.20. The number of methoxy groups -OCH3 is 1. The summed E-state index contributed by atoms with van der Waals surface area (Å²) in [6.07, 6.45) is 9.74. The fourth-order valence-electron chi connectivity index (χ4n) is 3.06. The molecule has 1 saturated heterocycles. The van der Waals surface area contributed by atoms with Gasteiger partial charge in [0.2, 0.25) is 0 Å². The molecule has 0 saturated carbocycles. The van der Waals surface area contributed by atoms with Gasteiger partial charge in [-0.2, -0.15) is 0 Å². The van der Waals surface area contributed by atoms with Gasteiger partial charge in [0.1, 0.15) is 5.75 Å². The first-order chi connectivity index (χ1) is 11.2. The van der Waals surface area contributed by atoms with Crippen molar-refractivity contribution in [3.8, 4) is 5.75 Å². The molecular weight excluding hydrogens is 282 g/mol. The summed E-state index contributed by atoms with van der Waals surface area (Å²) in [4.78, 5) is 0. The Kier molecular flexibility index (Phi) is 6.66. The zero-order chi connectivity index (χ0) is 16.7. The molecule has 1 aliphatic rings. The van der Waals surface area contributed by atoms with Crippen molar-refractivity contribution < 1.29 is 4.74 Å². The molecule has 0 spiro atoms. The maximum Gasteiger partial charge on any atom is 0.129 e. The highest BCUT2D eigenvalue weighted by atomic mass is 16.5. The third-order valence-corrected chi connectivity index (χ3v) is 4.53. The summed E-state index contributed by atoms with van der Waals surface area (Å²) in [6, 6.07) is 6.34. The average molecular weight is 311 g/mol. The van der Waals surface area contributed by atoms with Gasteiger partial charge in [-0.15, -0.1) is 0 Å². The summed E-state index contributed by atoms with van der Waals surface area (Å²) in [5, 5.41) is 3.37. The van der Waals surface area contributed by atoms with Gasteiger partial charge in [0.15, 0.2) is 0 Å². The molecule has 0 atom stereocenters. The van der Waals surface area contributed by atoms with Crippen molar-refractivity contribution in [3.63, 3.8) is 0 Å². The molecule has 2 rings (SSSR count). The fourth-order valence-corrected chi connectivity index (χ4v) is 3.06. The summed E-state index contributed by atoms with van der Waals surface area (Å²) in [5.74, 6) is 1.66. The standard InChI is InChI=1S/C21H29NO/c1-5-9-18(19-14-22-15-19)13-12-16(6-2)20-11-8-10-17(7-3)21(20)23-4/h6,8,10-13,19,22H,2,5,7,9,14-15H2,1,3-4H3/b16-12+,18-13+. The van der Waals surface area contributed by atoms with Crippen molar-refractivity contribution in [2.24, 2.45) is 5.92 Å². The van der Waals surface area contributed by atoms with E-state index in [1.807, 2.05) is 6.08 Å². The Hall–Kier alpha value is -1.80. The molecule has 1 N–H and O–H groups in total. The quantitative estimate of drug-likeness (QED) is 0.698. The summed E-state index contributed by atoms with van der Waals surface area (Å²) >= 11 is 0. The van der Waals surface area contributed by atoms with Crippen LogP contribution in [0.3, 0.4) is 0 Å². The Morgan fingerprint density at radius 2 is 2.09 bits per heavy atom. The zero-order valence-electron chi connectivity index (χ0n) is 14.7. The predicted molar refractivity (Wildman–Crippen MR) is 99.9 cm³/mol. The van der Waals surface area contributed by atoms with E-state index in [2.05, 4.69) is 56.1 Å². The van der Waals surface area contributed by atoms with E-state index >= 15 is 0 Å². The van der Waals surface area contributed by atoms with E-state index in [-0.39, 0.29) is 0 Å². The van der Waals surface area contributed by atoms with E-state index in [1.165, 1.54) is 24.0 Å². The Labute approximate surface area is 140 Å². The van der Waals surface area contributed by atoms with E-state index in [0.29, 0.717) is 5.92 Å². The van der Waals surface area contributed by atoms with Crippen molar-refractivity contribution in [1.82, 2.24) is 5.32 Å². The minimum Gasteiger partial charge on any atom is -0.496 e. The number of allylic oxidation sites excluding steroid dienone is 4. The number of para-hydroxylation sites is 1. The first-order valence-electron chi connectivity index (χ1n) is 8.65. The van der Waals surface area contributed by atoms with Crippen LogP contribution in [-0.4, -0.2) is 20.2 Å². The lowest BCUT2D eigenvalue weighted by Gasteiger charge is -2.29. The minimum atomic E-state index is 0.695. The molecule has 23 heavy (non-hydrogen) atoms. The molecule has 1 aromatic rings. The van der Waals surface area contributed by atoms with Gasteiger partial charge >= 0.3 is 0 Å². The molecule has 1 fully saturated rings. The number of rotatable bonds is 8. The topological polar surface area (TPSA) is 21.3 Å². The monoisotopic (exact) mass is 311 g/mol. The smallest absolute Gasteiger partial charge is 0.129 e. The number of hydrogen-bond donors (Lipinski definition) is 1. The third kappa shape index (κ3) is 4.14. The Balaban J connectivity index is 2.36. The second-order valence-corrected chi connectivity index (χ2v) is 6.02. The van der Waals surface area contributed by atoms with Crippen LogP contribution in [-0.2, 0) is 6.42 Å². The summed E-state index contributed by atoms with van der Waals surface area (Å²) in [6.45, 7) is 10.6. The highest BCUT2D eigenvalue weighted by molar-refractivity contribution is 5.79. The lowest BCUT2D eigenvalue weighted by atomic mass is 9.89. The van der Waals surface area contributed by atoms with Crippen LogP contribution in [0.5, 0.6) is 5.75 Å². The van der Waals surface area contributed by atoms with Gasteiger partial charge < -0.3 is 10.1 Å². The lowest BCUT2D eigenvalue weighted by molar-refractivity contribution is 0.389. The zero-order valence-corrected chi connectivity index (χ0v) is 14.7. The van der Waals surface area contributed by atoms with Crippen LogP contribution >= 0.6 is 0 Å². The predicted octanol–water partition coefficient (Wildman–Crippen LogP) is 4.77. The molecule has 0 unspecified atom stereocenters. The van der Waals surface area contributed by atoms with Crippen molar-refractivity contribution in [3.05, 3.63) is 59.7 Å². The molecule has 0 bridgehead atoms. The van der Waals surface area contributed by atoms with Gasteiger partial charge in [0.25, 0.3) is 0 Å². The number of benzene rings is 1. The fraction of sp³-hybridized carbons (Fsp3) is 0.429. The van der Waals surface area contributed by atoms with E-state index in [1.54, 1.807) is 7.11 Å². The SMILES string of the molecule is C=C/C(=C\C=C(/CCC)C1CNC1)c1cccc(CC)c1OC. The molecule has 1 heterocycles. The first-order valence-corrected chi connectivity index (χ1v) is 8.65. The van der Waals surface area contributed by atoms with Crippen LogP contribution in [0.25, 0.3) is 5.57 Å². The van der Waals surface area contributed by atoms with E-state index < -0.39 is 0 Å². The molecule has 2 nitrogen and oxygen atoms in total. The van der Waals surface area contributed by atoms with Crippen LogP contribution in [0.15, 0.2) is 48.6 Å².